The van der Waals surface area contributed by atoms with Crippen molar-refractivity contribution in [3.63, 3.8) is 0 Å². The van der Waals surface area contributed by atoms with Crippen molar-refractivity contribution in [2.45, 2.75) is 39.7 Å². The van der Waals surface area contributed by atoms with Crippen LogP contribution in [-0.2, 0) is 6.42 Å². The number of aryl methyl sites for hydroxylation is 1. The molecule has 0 heterocycles. The van der Waals surface area contributed by atoms with Crippen molar-refractivity contribution in [1.29, 1.82) is 0 Å². The number of hydrogen-bond acceptors (Lipinski definition) is 1. The molecular formula is C13H20BrN. The average Bonchev–Trinajstić information content (AvgIpc) is 2.10. The van der Waals surface area contributed by atoms with Crippen LogP contribution in [0, 0.1) is 12.8 Å². The first-order valence-electron chi connectivity index (χ1n) is 5.49. The molecule has 2 unspecified atom stereocenters. The summed E-state index contributed by atoms with van der Waals surface area (Å²) in [7, 11) is 0. The van der Waals surface area contributed by atoms with Crippen LogP contribution in [0.25, 0.3) is 0 Å². The van der Waals surface area contributed by atoms with E-state index < -0.39 is 0 Å². The number of nitrogens with two attached hydrogens (primary N) is 1. The molecular weight excluding hydrogens is 250 g/mol. The molecule has 1 aromatic carbocycles. The van der Waals surface area contributed by atoms with Gasteiger partial charge in [-0.3, -0.25) is 0 Å². The zero-order valence-electron chi connectivity index (χ0n) is 9.76. The van der Waals surface area contributed by atoms with E-state index in [2.05, 4.69) is 54.9 Å². The standard InChI is InChI=1S/C13H20BrN/c1-9(6-11(3)15)7-12-5-4-10(2)13(14)8-12/h4-5,8-9,11H,6-7,15H2,1-3H3. The fraction of sp³-hybridized carbons (Fsp3) is 0.538. The Hall–Kier alpha value is -0.340. The highest BCUT2D eigenvalue weighted by Gasteiger charge is 2.07. The maximum atomic E-state index is 5.79. The third-order valence-corrected chi connectivity index (χ3v) is 3.45. The minimum atomic E-state index is 0.300. The molecule has 0 aliphatic rings. The van der Waals surface area contributed by atoms with Crippen LogP contribution in [0.3, 0.4) is 0 Å². The summed E-state index contributed by atoms with van der Waals surface area (Å²) in [4.78, 5) is 0. The summed E-state index contributed by atoms with van der Waals surface area (Å²) in [6, 6.07) is 6.89. The Kier molecular flexibility index (Phi) is 4.81. The van der Waals surface area contributed by atoms with Crippen LogP contribution in [0.5, 0.6) is 0 Å². The Labute approximate surface area is 101 Å². The first-order valence-corrected chi connectivity index (χ1v) is 6.29. The lowest BCUT2D eigenvalue weighted by Gasteiger charge is -2.14. The summed E-state index contributed by atoms with van der Waals surface area (Å²) < 4.78 is 1.20. The van der Waals surface area contributed by atoms with Crippen molar-refractivity contribution in [2.24, 2.45) is 11.7 Å². The molecule has 84 valence electrons. The van der Waals surface area contributed by atoms with E-state index in [1.807, 2.05) is 0 Å². The largest absolute Gasteiger partial charge is 0.328 e. The molecule has 1 nitrogen and oxygen atoms in total. The van der Waals surface area contributed by atoms with E-state index in [-0.39, 0.29) is 0 Å². The summed E-state index contributed by atoms with van der Waals surface area (Å²) in [6.07, 6.45) is 2.20. The van der Waals surface area contributed by atoms with Gasteiger partial charge < -0.3 is 5.73 Å². The van der Waals surface area contributed by atoms with Gasteiger partial charge in [0.2, 0.25) is 0 Å². The molecule has 2 heteroatoms. The number of benzene rings is 1. The maximum absolute atomic E-state index is 5.79. The Morgan fingerprint density at radius 1 is 1.33 bits per heavy atom. The summed E-state index contributed by atoms with van der Waals surface area (Å²) >= 11 is 3.56. The number of rotatable bonds is 4. The molecule has 0 bridgehead atoms. The molecule has 2 N–H and O–H groups in total. The van der Waals surface area contributed by atoms with Crippen LogP contribution in [0.2, 0.25) is 0 Å². The quantitative estimate of drug-likeness (QED) is 0.887. The van der Waals surface area contributed by atoms with Gasteiger partial charge in [-0.1, -0.05) is 35.0 Å². The van der Waals surface area contributed by atoms with Crippen LogP contribution < -0.4 is 5.73 Å². The third-order valence-electron chi connectivity index (χ3n) is 2.59. The SMILES string of the molecule is Cc1ccc(CC(C)CC(C)N)cc1Br. The molecule has 0 fully saturated rings. The predicted octanol–water partition coefficient (Wildman–Crippen LogP) is 3.67. The molecule has 0 spiro atoms. The van der Waals surface area contributed by atoms with Gasteiger partial charge in [0, 0.05) is 10.5 Å². The van der Waals surface area contributed by atoms with Crippen molar-refractivity contribution in [2.75, 3.05) is 0 Å². The minimum absolute atomic E-state index is 0.300. The van der Waals surface area contributed by atoms with Gasteiger partial charge in [0.15, 0.2) is 0 Å². The number of hydrogen-bond donors (Lipinski definition) is 1. The van der Waals surface area contributed by atoms with Gasteiger partial charge in [0.25, 0.3) is 0 Å². The molecule has 0 aromatic heterocycles. The molecule has 0 saturated heterocycles. The van der Waals surface area contributed by atoms with Crippen LogP contribution in [0.15, 0.2) is 22.7 Å². The smallest absolute Gasteiger partial charge is 0.0207 e. The normalized spacial score (nSPS) is 15.0. The lowest BCUT2D eigenvalue weighted by Crippen LogP contribution is -2.19. The van der Waals surface area contributed by atoms with E-state index >= 15 is 0 Å². The number of halogens is 1. The van der Waals surface area contributed by atoms with Gasteiger partial charge in [-0.15, -0.1) is 0 Å². The topological polar surface area (TPSA) is 26.0 Å². The fourth-order valence-electron chi connectivity index (χ4n) is 1.88. The Morgan fingerprint density at radius 2 is 2.00 bits per heavy atom. The van der Waals surface area contributed by atoms with Crippen LogP contribution in [0.4, 0.5) is 0 Å². The molecule has 0 radical (unpaired) electrons. The molecule has 0 saturated carbocycles. The highest BCUT2D eigenvalue weighted by Crippen LogP contribution is 2.20. The lowest BCUT2D eigenvalue weighted by molar-refractivity contribution is 0.480. The van der Waals surface area contributed by atoms with E-state index in [1.54, 1.807) is 0 Å². The van der Waals surface area contributed by atoms with Crippen molar-refractivity contribution in [3.8, 4) is 0 Å². The fourth-order valence-corrected chi connectivity index (χ4v) is 2.31. The zero-order chi connectivity index (χ0) is 11.4. The summed E-state index contributed by atoms with van der Waals surface area (Å²) in [5.74, 6) is 0.652. The van der Waals surface area contributed by atoms with Crippen LogP contribution >= 0.6 is 15.9 Å². The second-order valence-electron chi connectivity index (χ2n) is 4.61. The molecule has 0 aliphatic heterocycles. The van der Waals surface area contributed by atoms with Crippen molar-refractivity contribution >= 4 is 15.9 Å². The Morgan fingerprint density at radius 3 is 2.53 bits per heavy atom. The van der Waals surface area contributed by atoms with E-state index in [1.165, 1.54) is 15.6 Å². The first kappa shape index (κ1) is 12.7. The van der Waals surface area contributed by atoms with Gasteiger partial charge in [-0.05, 0) is 49.8 Å². The van der Waals surface area contributed by atoms with Gasteiger partial charge in [-0.25, -0.2) is 0 Å². The lowest BCUT2D eigenvalue weighted by atomic mass is 9.95. The molecule has 15 heavy (non-hydrogen) atoms. The van der Waals surface area contributed by atoms with Gasteiger partial charge in [0.05, 0.1) is 0 Å². The van der Waals surface area contributed by atoms with Gasteiger partial charge >= 0.3 is 0 Å². The third kappa shape index (κ3) is 4.35. The maximum Gasteiger partial charge on any atom is 0.0207 e. The van der Waals surface area contributed by atoms with Gasteiger partial charge in [0.1, 0.15) is 0 Å². The average molecular weight is 270 g/mol. The summed E-state index contributed by atoms with van der Waals surface area (Å²) in [6.45, 7) is 6.44. The van der Waals surface area contributed by atoms with E-state index in [0.29, 0.717) is 12.0 Å². The van der Waals surface area contributed by atoms with Gasteiger partial charge in [-0.2, -0.15) is 0 Å². The highest BCUT2D eigenvalue weighted by molar-refractivity contribution is 9.10. The molecule has 0 aliphatic carbocycles. The summed E-state index contributed by atoms with van der Waals surface area (Å²) in [5.41, 5.74) is 8.47. The first-order chi connectivity index (χ1) is 6.99. The monoisotopic (exact) mass is 269 g/mol. The second kappa shape index (κ2) is 5.66. The van der Waals surface area contributed by atoms with Crippen LogP contribution in [-0.4, -0.2) is 6.04 Å². The second-order valence-corrected chi connectivity index (χ2v) is 5.46. The van der Waals surface area contributed by atoms with Crippen molar-refractivity contribution in [3.05, 3.63) is 33.8 Å². The van der Waals surface area contributed by atoms with E-state index in [9.17, 15) is 0 Å². The summed E-state index contributed by atoms with van der Waals surface area (Å²) in [5, 5.41) is 0. The van der Waals surface area contributed by atoms with E-state index in [0.717, 1.165) is 12.8 Å². The Bertz CT molecular complexity index is 320. The van der Waals surface area contributed by atoms with Crippen molar-refractivity contribution in [1.82, 2.24) is 0 Å². The predicted molar refractivity (Wildman–Crippen MR) is 70.0 cm³/mol. The molecule has 1 rings (SSSR count). The molecule has 1 aromatic rings. The zero-order valence-corrected chi connectivity index (χ0v) is 11.3. The van der Waals surface area contributed by atoms with E-state index in [4.69, 9.17) is 5.73 Å². The molecule has 0 amide bonds. The van der Waals surface area contributed by atoms with Crippen molar-refractivity contribution < 1.29 is 0 Å². The Balaban J connectivity index is 2.60. The highest BCUT2D eigenvalue weighted by atomic mass is 79.9. The van der Waals surface area contributed by atoms with Crippen LogP contribution in [0.1, 0.15) is 31.4 Å². The molecule has 2 atom stereocenters. The minimum Gasteiger partial charge on any atom is -0.328 e.